The smallest absolute Gasteiger partial charge is 0.330 e. The Labute approximate surface area is 134 Å². The van der Waals surface area contributed by atoms with E-state index >= 15 is 0 Å². The molecule has 0 aromatic heterocycles. The first-order valence-electron chi connectivity index (χ1n) is 5.68. The Morgan fingerprint density at radius 2 is 1.80 bits per heavy atom. The first kappa shape index (κ1) is 15.2. The molecule has 104 valence electrons. The number of aliphatic carboxylic acids is 1. The number of benzene rings is 2. The van der Waals surface area contributed by atoms with Gasteiger partial charge in [0, 0.05) is 15.7 Å². The van der Waals surface area contributed by atoms with Crippen LogP contribution in [0, 0.1) is 0 Å². The summed E-state index contributed by atoms with van der Waals surface area (Å²) in [5, 5.41) is 12.9. The maximum Gasteiger partial charge on any atom is 0.330 e. The van der Waals surface area contributed by atoms with E-state index < -0.39 is 12.0 Å². The van der Waals surface area contributed by atoms with Crippen LogP contribution in [0.25, 0.3) is 0 Å². The van der Waals surface area contributed by atoms with Gasteiger partial charge in [-0.2, -0.15) is 0 Å². The maximum absolute atomic E-state index is 11.5. The molecule has 2 aromatic rings. The van der Waals surface area contributed by atoms with Gasteiger partial charge in [0.05, 0.1) is 10.0 Å². The Morgan fingerprint density at radius 3 is 2.40 bits per heavy atom. The lowest BCUT2D eigenvalue weighted by molar-refractivity contribution is -0.138. The molecule has 20 heavy (non-hydrogen) atoms. The molecule has 1 atom stereocenters. The van der Waals surface area contributed by atoms with E-state index in [9.17, 15) is 9.90 Å². The lowest BCUT2D eigenvalue weighted by atomic mass is 10.1. The SMILES string of the molecule is O=C(O)C(Nc1ccc(Br)cc1)c1cccc(Cl)c1Cl. The third-order valence-corrected chi connectivity index (χ3v) is 4.06. The highest BCUT2D eigenvalue weighted by atomic mass is 79.9. The molecular weight excluding hydrogens is 365 g/mol. The fourth-order valence-corrected chi connectivity index (χ4v) is 2.41. The van der Waals surface area contributed by atoms with E-state index in [0.29, 0.717) is 16.3 Å². The van der Waals surface area contributed by atoms with Gasteiger partial charge < -0.3 is 10.4 Å². The Balaban J connectivity index is 2.34. The fourth-order valence-electron chi connectivity index (χ4n) is 1.73. The first-order valence-corrected chi connectivity index (χ1v) is 7.23. The van der Waals surface area contributed by atoms with Crippen molar-refractivity contribution in [2.75, 3.05) is 5.32 Å². The molecule has 0 aliphatic rings. The lowest BCUT2D eigenvalue weighted by Crippen LogP contribution is -2.20. The molecule has 2 rings (SSSR count). The van der Waals surface area contributed by atoms with Gasteiger partial charge in [-0.15, -0.1) is 0 Å². The van der Waals surface area contributed by atoms with Crippen LogP contribution in [0.15, 0.2) is 46.9 Å². The van der Waals surface area contributed by atoms with Crippen LogP contribution in [-0.2, 0) is 4.79 Å². The molecule has 0 amide bonds. The van der Waals surface area contributed by atoms with Gasteiger partial charge in [0.15, 0.2) is 6.04 Å². The van der Waals surface area contributed by atoms with Gasteiger partial charge in [-0.25, -0.2) is 4.79 Å². The topological polar surface area (TPSA) is 49.3 Å². The Hall–Kier alpha value is -1.23. The standard InChI is InChI=1S/C14H10BrCl2NO2/c15-8-4-6-9(7-5-8)18-13(14(19)20)10-2-1-3-11(16)12(10)17/h1-7,13,18H,(H,19,20). The van der Waals surface area contributed by atoms with E-state index in [1.807, 2.05) is 12.1 Å². The average molecular weight is 375 g/mol. The minimum atomic E-state index is -1.03. The monoisotopic (exact) mass is 373 g/mol. The van der Waals surface area contributed by atoms with Gasteiger partial charge in [0.1, 0.15) is 0 Å². The highest BCUT2D eigenvalue weighted by Crippen LogP contribution is 2.32. The molecular formula is C14H10BrCl2NO2. The van der Waals surface area contributed by atoms with Crippen LogP contribution in [0.1, 0.15) is 11.6 Å². The number of hydrogen-bond donors (Lipinski definition) is 2. The van der Waals surface area contributed by atoms with E-state index in [1.165, 1.54) is 0 Å². The van der Waals surface area contributed by atoms with Crippen LogP contribution in [0.3, 0.4) is 0 Å². The number of hydrogen-bond acceptors (Lipinski definition) is 2. The fraction of sp³-hybridized carbons (Fsp3) is 0.0714. The van der Waals surface area contributed by atoms with Crippen molar-refractivity contribution >= 4 is 50.8 Å². The number of rotatable bonds is 4. The van der Waals surface area contributed by atoms with E-state index in [4.69, 9.17) is 23.2 Å². The summed E-state index contributed by atoms with van der Waals surface area (Å²) in [5.41, 5.74) is 1.10. The van der Waals surface area contributed by atoms with Crippen molar-refractivity contribution in [3.63, 3.8) is 0 Å². The molecule has 0 bridgehead atoms. The lowest BCUT2D eigenvalue weighted by Gasteiger charge is -2.18. The van der Waals surface area contributed by atoms with Gasteiger partial charge in [-0.3, -0.25) is 0 Å². The van der Waals surface area contributed by atoms with Crippen molar-refractivity contribution in [2.24, 2.45) is 0 Å². The summed E-state index contributed by atoms with van der Waals surface area (Å²) in [4.78, 5) is 11.5. The molecule has 1 unspecified atom stereocenters. The third kappa shape index (κ3) is 3.45. The zero-order chi connectivity index (χ0) is 14.7. The predicted octanol–water partition coefficient (Wildman–Crippen LogP) is 4.99. The largest absolute Gasteiger partial charge is 0.479 e. The van der Waals surface area contributed by atoms with Gasteiger partial charge in [-0.05, 0) is 30.3 Å². The summed E-state index contributed by atoms with van der Waals surface area (Å²) in [6.45, 7) is 0. The molecule has 0 saturated heterocycles. The number of anilines is 1. The molecule has 0 spiro atoms. The van der Waals surface area contributed by atoms with Crippen molar-refractivity contribution in [1.29, 1.82) is 0 Å². The van der Waals surface area contributed by atoms with Crippen LogP contribution in [-0.4, -0.2) is 11.1 Å². The van der Waals surface area contributed by atoms with Gasteiger partial charge in [0.25, 0.3) is 0 Å². The second kappa shape index (κ2) is 6.48. The average Bonchev–Trinajstić information content (AvgIpc) is 2.41. The Morgan fingerprint density at radius 1 is 1.15 bits per heavy atom. The molecule has 0 aliphatic heterocycles. The van der Waals surface area contributed by atoms with Crippen LogP contribution < -0.4 is 5.32 Å². The molecule has 0 radical (unpaired) electrons. The van der Waals surface area contributed by atoms with E-state index in [0.717, 1.165) is 4.47 Å². The zero-order valence-electron chi connectivity index (χ0n) is 10.1. The van der Waals surface area contributed by atoms with E-state index in [-0.39, 0.29) is 5.02 Å². The van der Waals surface area contributed by atoms with Crippen molar-refractivity contribution in [2.45, 2.75) is 6.04 Å². The second-order valence-electron chi connectivity index (χ2n) is 4.07. The summed E-state index contributed by atoms with van der Waals surface area (Å²) in [6, 6.07) is 11.1. The van der Waals surface area contributed by atoms with E-state index in [1.54, 1.807) is 30.3 Å². The van der Waals surface area contributed by atoms with Crippen molar-refractivity contribution in [1.82, 2.24) is 0 Å². The van der Waals surface area contributed by atoms with Crippen molar-refractivity contribution in [3.8, 4) is 0 Å². The summed E-state index contributed by atoms with van der Waals surface area (Å²) in [5.74, 6) is -1.03. The zero-order valence-corrected chi connectivity index (χ0v) is 13.2. The minimum Gasteiger partial charge on any atom is -0.479 e. The Kier molecular flexibility index (Phi) is 4.91. The molecule has 2 aromatic carbocycles. The van der Waals surface area contributed by atoms with Crippen LogP contribution >= 0.6 is 39.1 Å². The van der Waals surface area contributed by atoms with Gasteiger partial charge >= 0.3 is 5.97 Å². The van der Waals surface area contributed by atoms with Crippen molar-refractivity contribution in [3.05, 3.63) is 62.5 Å². The highest BCUT2D eigenvalue weighted by molar-refractivity contribution is 9.10. The molecule has 0 fully saturated rings. The summed E-state index contributed by atoms with van der Waals surface area (Å²) >= 11 is 15.3. The first-order chi connectivity index (χ1) is 9.49. The Bertz CT molecular complexity index is 632. The summed E-state index contributed by atoms with van der Waals surface area (Å²) in [6.07, 6.45) is 0. The maximum atomic E-state index is 11.5. The summed E-state index contributed by atoms with van der Waals surface area (Å²) < 4.78 is 0.913. The molecule has 6 heteroatoms. The van der Waals surface area contributed by atoms with Crippen LogP contribution in [0.4, 0.5) is 5.69 Å². The number of halogens is 3. The quantitative estimate of drug-likeness (QED) is 0.792. The minimum absolute atomic E-state index is 0.242. The molecule has 3 nitrogen and oxygen atoms in total. The molecule has 0 heterocycles. The predicted molar refractivity (Wildman–Crippen MR) is 84.6 cm³/mol. The third-order valence-electron chi connectivity index (χ3n) is 2.69. The number of carboxylic acid groups (broad SMARTS) is 1. The second-order valence-corrected chi connectivity index (χ2v) is 5.77. The van der Waals surface area contributed by atoms with Crippen LogP contribution in [0.2, 0.25) is 10.0 Å². The van der Waals surface area contributed by atoms with Gasteiger partial charge in [-0.1, -0.05) is 51.3 Å². The molecule has 0 aliphatic carbocycles. The number of nitrogens with one attached hydrogen (secondary N) is 1. The normalized spacial score (nSPS) is 11.9. The van der Waals surface area contributed by atoms with Crippen molar-refractivity contribution < 1.29 is 9.90 Å². The number of carbonyl (C=O) groups is 1. The molecule has 0 saturated carbocycles. The van der Waals surface area contributed by atoms with Crippen LogP contribution in [0.5, 0.6) is 0 Å². The van der Waals surface area contributed by atoms with Gasteiger partial charge in [0.2, 0.25) is 0 Å². The summed E-state index contributed by atoms with van der Waals surface area (Å²) in [7, 11) is 0. The molecule has 2 N–H and O–H groups in total. The number of carboxylic acids is 1. The van der Waals surface area contributed by atoms with E-state index in [2.05, 4.69) is 21.2 Å². The highest BCUT2D eigenvalue weighted by Gasteiger charge is 2.23.